The molecule has 0 radical (unpaired) electrons. The van der Waals surface area contributed by atoms with Gasteiger partial charge in [0.05, 0.1) is 17.3 Å². The van der Waals surface area contributed by atoms with E-state index < -0.39 is 0 Å². The van der Waals surface area contributed by atoms with Crippen molar-refractivity contribution in [2.24, 2.45) is 0 Å². The molecule has 6 nitrogen and oxygen atoms in total. The van der Waals surface area contributed by atoms with Crippen LogP contribution in [0.4, 0.5) is 4.79 Å². The molecule has 132 valence electrons. The highest BCUT2D eigenvalue weighted by atomic mass is 32.1. The van der Waals surface area contributed by atoms with Crippen LogP contribution in [0.3, 0.4) is 0 Å². The molecule has 0 saturated carbocycles. The lowest BCUT2D eigenvalue weighted by molar-refractivity contribution is -0.132. The Morgan fingerprint density at radius 3 is 2.54 bits per heavy atom. The topological polar surface area (TPSA) is 62.7 Å². The molecule has 3 rings (SSSR count). The second kappa shape index (κ2) is 7.96. The molecule has 0 N–H and O–H groups in total. The summed E-state index contributed by atoms with van der Waals surface area (Å²) in [5.74, 6) is 0.159. The van der Waals surface area contributed by atoms with E-state index in [2.05, 4.69) is 0 Å². The Balaban J connectivity index is 1.44. The lowest BCUT2D eigenvalue weighted by Crippen LogP contribution is -2.50. The lowest BCUT2D eigenvalue weighted by atomic mass is 10.0. The van der Waals surface area contributed by atoms with Crippen molar-refractivity contribution < 1.29 is 14.3 Å². The lowest BCUT2D eigenvalue weighted by Gasteiger charge is -2.34. The maximum Gasteiger partial charge on any atom is 0.409 e. The molecular formula is C17H25N3O3S. The number of nitrogens with zero attached hydrogens (tertiary/aromatic N) is 3. The van der Waals surface area contributed by atoms with Crippen LogP contribution < -0.4 is 0 Å². The van der Waals surface area contributed by atoms with Crippen LogP contribution in [0.15, 0.2) is 0 Å². The summed E-state index contributed by atoms with van der Waals surface area (Å²) in [4.78, 5) is 33.7. The van der Waals surface area contributed by atoms with Gasteiger partial charge >= 0.3 is 6.09 Å². The second-order valence-corrected chi connectivity index (χ2v) is 7.42. The quantitative estimate of drug-likeness (QED) is 0.835. The Hall–Kier alpha value is -1.63. The number of aromatic nitrogens is 1. The number of piperazine rings is 1. The van der Waals surface area contributed by atoms with Crippen LogP contribution in [0.25, 0.3) is 0 Å². The highest BCUT2D eigenvalue weighted by Crippen LogP contribution is 2.27. The fourth-order valence-electron chi connectivity index (χ4n) is 3.24. The Morgan fingerprint density at radius 1 is 1.12 bits per heavy atom. The average Bonchev–Trinajstić information content (AvgIpc) is 3.03. The molecule has 1 aromatic heterocycles. The van der Waals surface area contributed by atoms with Gasteiger partial charge in [-0.2, -0.15) is 0 Å². The first-order valence-electron chi connectivity index (χ1n) is 8.84. The standard InChI is InChI=1S/C17H25N3O3S/c1-2-23-17(22)20-11-9-19(10-12-20)16(21)8-7-15-18-13-5-3-4-6-14(13)24-15/h2-12H2,1H3. The Bertz CT molecular complexity index is 570. The van der Waals surface area contributed by atoms with Gasteiger partial charge in [-0.3, -0.25) is 4.79 Å². The van der Waals surface area contributed by atoms with E-state index >= 15 is 0 Å². The number of amides is 2. The van der Waals surface area contributed by atoms with Gasteiger partial charge in [0.25, 0.3) is 0 Å². The van der Waals surface area contributed by atoms with Gasteiger partial charge in [-0.05, 0) is 32.6 Å². The highest BCUT2D eigenvalue weighted by Gasteiger charge is 2.25. The molecule has 0 unspecified atom stereocenters. The molecule has 1 aliphatic heterocycles. The number of thiazole rings is 1. The van der Waals surface area contributed by atoms with Gasteiger partial charge in [0.2, 0.25) is 5.91 Å². The van der Waals surface area contributed by atoms with Crippen molar-refractivity contribution in [1.29, 1.82) is 0 Å². The van der Waals surface area contributed by atoms with Gasteiger partial charge in [-0.25, -0.2) is 9.78 Å². The minimum Gasteiger partial charge on any atom is -0.450 e. The van der Waals surface area contributed by atoms with Crippen LogP contribution in [0, 0.1) is 0 Å². The van der Waals surface area contributed by atoms with E-state index in [0.29, 0.717) is 39.2 Å². The van der Waals surface area contributed by atoms with Gasteiger partial charge in [-0.1, -0.05) is 0 Å². The highest BCUT2D eigenvalue weighted by molar-refractivity contribution is 7.11. The van der Waals surface area contributed by atoms with Gasteiger partial charge in [-0.15, -0.1) is 11.3 Å². The molecule has 1 aliphatic carbocycles. The number of ether oxygens (including phenoxy) is 1. The van der Waals surface area contributed by atoms with Crippen molar-refractivity contribution in [3.8, 4) is 0 Å². The molecule has 2 aliphatic rings. The Morgan fingerprint density at radius 2 is 1.83 bits per heavy atom. The maximum absolute atomic E-state index is 12.4. The predicted molar refractivity (Wildman–Crippen MR) is 92.3 cm³/mol. The van der Waals surface area contributed by atoms with Gasteiger partial charge in [0.15, 0.2) is 0 Å². The van der Waals surface area contributed by atoms with E-state index in [1.54, 1.807) is 23.2 Å². The number of carbonyl (C=O) groups excluding carboxylic acids is 2. The van der Waals surface area contributed by atoms with E-state index in [1.165, 1.54) is 23.4 Å². The molecule has 1 aromatic rings. The summed E-state index contributed by atoms with van der Waals surface area (Å²) in [5.41, 5.74) is 1.26. The third kappa shape index (κ3) is 4.06. The Kier molecular flexibility index (Phi) is 5.71. The minimum absolute atomic E-state index is 0.159. The third-order valence-electron chi connectivity index (χ3n) is 4.60. The van der Waals surface area contributed by atoms with Crippen molar-refractivity contribution in [3.63, 3.8) is 0 Å². The smallest absolute Gasteiger partial charge is 0.409 e. The van der Waals surface area contributed by atoms with E-state index in [4.69, 9.17) is 9.72 Å². The minimum atomic E-state index is -0.280. The number of rotatable bonds is 4. The molecule has 1 fully saturated rings. The first kappa shape index (κ1) is 17.2. The van der Waals surface area contributed by atoms with E-state index in [0.717, 1.165) is 24.3 Å². The summed E-state index contributed by atoms with van der Waals surface area (Å²) in [5, 5.41) is 1.10. The summed E-state index contributed by atoms with van der Waals surface area (Å²) >= 11 is 1.78. The molecule has 2 amide bonds. The maximum atomic E-state index is 12.4. The molecule has 0 aromatic carbocycles. The zero-order valence-corrected chi connectivity index (χ0v) is 15.1. The fourth-order valence-corrected chi connectivity index (χ4v) is 4.39. The predicted octanol–water partition coefficient (Wildman–Crippen LogP) is 2.26. The van der Waals surface area contributed by atoms with Gasteiger partial charge < -0.3 is 14.5 Å². The summed E-state index contributed by atoms with van der Waals surface area (Å²) < 4.78 is 5.00. The largest absolute Gasteiger partial charge is 0.450 e. The molecule has 1 saturated heterocycles. The van der Waals surface area contributed by atoms with Crippen LogP contribution in [0.1, 0.15) is 41.8 Å². The number of hydrogen-bond acceptors (Lipinski definition) is 5. The first-order chi connectivity index (χ1) is 11.7. The van der Waals surface area contributed by atoms with Crippen LogP contribution in [-0.4, -0.2) is 59.6 Å². The number of aryl methyl sites for hydroxylation is 3. The third-order valence-corrected chi connectivity index (χ3v) is 5.82. The first-order valence-corrected chi connectivity index (χ1v) is 9.66. The van der Waals surface area contributed by atoms with Crippen molar-refractivity contribution >= 4 is 23.3 Å². The molecule has 0 atom stereocenters. The van der Waals surface area contributed by atoms with Crippen molar-refractivity contribution in [1.82, 2.24) is 14.8 Å². The number of fused-ring (bicyclic) bond motifs is 1. The van der Waals surface area contributed by atoms with Crippen molar-refractivity contribution in [2.75, 3.05) is 32.8 Å². The van der Waals surface area contributed by atoms with Crippen LogP contribution in [0.2, 0.25) is 0 Å². The summed E-state index contributed by atoms with van der Waals surface area (Å²) in [6, 6.07) is 0. The summed E-state index contributed by atoms with van der Waals surface area (Å²) in [6.07, 6.45) is 5.70. The second-order valence-electron chi connectivity index (χ2n) is 6.25. The van der Waals surface area contributed by atoms with Crippen LogP contribution in [-0.2, 0) is 28.8 Å². The van der Waals surface area contributed by atoms with Crippen molar-refractivity contribution in [2.45, 2.75) is 45.4 Å². The van der Waals surface area contributed by atoms with Crippen LogP contribution in [0.5, 0.6) is 0 Å². The normalized spacial score (nSPS) is 17.5. The van der Waals surface area contributed by atoms with Gasteiger partial charge in [0.1, 0.15) is 0 Å². The zero-order valence-electron chi connectivity index (χ0n) is 14.3. The summed E-state index contributed by atoms with van der Waals surface area (Å²) in [7, 11) is 0. The van der Waals surface area contributed by atoms with Gasteiger partial charge in [0, 0.05) is 43.9 Å². The van der Waals surface area contributed by atoms with Crippen molar-refractivity contribution in [3.05, 3.63) is 15.6 Å². The van der Waals surface area contributed by atoms with Crippen LogP contribution >= 0.6 is 11.3 Å². The molecule has 0 bridgehead atoms. The number of hydrogen-bond donors (Lipinski definition) is 0. The monoisotopic (exact) mass is 351 g/mol. The van der Waals surface area contributed by atoms with E-state index in [-0.39, 0.29) is 12.0 Å². The fraction of sp³-hybridized carbons (Fsp3) is 0.706. The SMILES string of the molecule is CCOC(=O)N1CCN(C(=O)CCc2nc3c(s2)CCCC3)CC1. The molecule has 24 heavy (non-hydrogen) atoms. The average molecular weight is 351 g/mol. The molecule has 7 heteroatoms. The molecule has 0 spiro atoms. The van der Waals surface area contributed by atoms with E-state index in [9.17, 15) is 9.59 Å². The molecule has 2 heterocycles. The summed E-state index contributed by atoms with van der Waals surface area (Å²) in [6.45, 7) is 4.47. The Labute approximate surface area is 146 Å². The molecular weight excluding hydrogens is 326 g/mol. The zero-order chi connectivity index (χ0) is 16.9. The van der Waals surface area contributed by atoms with E-state index in [1.807, 2.05) is 4.90 Å². The number of carbonyl (C=O) groups is 2.